The summed E-state index contributed by atoms with van der Waals surface area (Å²) in [6.07, 6.45) is -3.59. The summed E-state index contributed by atoms with van der Waals surface area (Å²) in [5.41, 5.74) is -2.18. The second-order valence-electron chi connectivity index (χ2n) is 9.74. The van der Waals surface area contributed by atoms with Crippen LogP contribution in [0.15, 0.2) is 57.2 Å². The quantitative estimate of drug-likeness (QED) is 0.239. The van der Waals surface area contributed by atoms with Gasteiger partial charge >= 0.3 is 6.18 Å². The van der Waals surface area contributed by atoms with Crippen molar-refractivity contribution in [2.75, 3.05) is 11.0 Å². The predicted octanol–water partition coefficient (Wildman–Crippen LogP) is 6.44. The molecule has 0 aromatic heterocycles. The highest BCUT2D eigenvalue weighted by Crippen LogP contribution is 3.07. The minimum absolute atomic E-state index is 0.208. The lowest BCUT2D eigenvalue weighted by Crippen LogP contribution is -2.72. The predicted molar refractivity (Wildman–Crippen MR) is 145 cm³/mol. The summed E-state index contributed by atoms with van der Waals surface area (Å²) in [6.45, 7) is 0. The van der Waals surface area contributed by atoms with Gasteiger partial charge in [-0.1, -0.05) is 4.51 Å². The Balaban J connectivity index is 1.66. The lowest BCUT2D eigenvalue weighted by Gasteiger charge is -2.63. The second kappa shape index (κ2) is 8.79. The molecule has 2 aliphatic rings. The molecule has 0 bridgehead atoms. The molecule has 3 unspecified atom stereocenters. The van der Waals surface area contributed by atoms with Crippen LogP contribution in [-0.4, -0.2) is 45.2 Å². The van der Waals surface area contributed by atoms with E-state index in [0.717, 1.165) is 24.5 Å². The first-order valence-corrected chi connectivity index (χ1v) is 20.7. The number of amides is 1. The standard InChI is InChI=1S/C22H22F7IN2O5S3/c1-30-40(26,27,28,29)15-6-3-13(4-7-15)39(36,37)32-19-8-5-14(38(2,34)35)11-16(19)20(33)31-21-10-9-17(21)18(12-21)22(23,24)25/h3-8,11,17-18,32H,1,9-10,12H2,2H3,(H,31,33). The highest BCUT2D eigenvalue weighted by molar-refractivity contribution is 14.2. The number of halogens is 8. The Morgan fingerprint density at radius 2 is 1.60 bits per heavy atom. The number of alkyl halides is 3. The van der Waals surface area contributed by atoms with Gasteiger partial charge in [0.2, 0.25) is 7.01 Å². The van der Waals surface area contributed by atoms with Gasteiger partial charge in [-0.25, -0.2) is 16.8 Å². The summed E-state index contributed by atoms with van der Waals surface area (Å²) in [4.78, 5) is 10.4. The molecular weight excluding hydrogens is 728 g/mol. The lowest BCUT2D eigenvalue weighted by atomic mass is 9.47. The van der Waals surface area contributed by atoms with Crippen molar-refractivity contribution < 1.29 is 50.3 Å². The summed E-state index contributed by atoms with van der Waals surface area (Å²) in [6, 6.07) is 4.33. The SMILES string of the molecule is C=IS(F)(F)(F)(F)c1ccc(S(=O)(=O)Nc2ccc(S(C)(=O)=O)cc2C(=O)NC23CCC2C(C(F)(F)F)C3)cc1. The Bertz CT molecular complexity index is 1640. The van der Waals surface area contributed by atoms with Crippen molar-refractivity contribution in [3.05, 3.63) is 48.0 Å². The zero-order chi connectivity index (χ0) is 30.2. The van der Waals surface area contributed by atoms with Crippen LogP contribution in [0, 0.1) is 11.8 Å². The third-order valence-corrected chi connectivity index (χ3v) is 16.5. The molecule has 1 amide bonds. The second-order valence-corrected chi connectivity index (χ2v) is 23.3. The van der Waals surface area contributed by atoms with E-state index < -0.39 is 102 Å². The Morgan fingerprint density at radius 3 is 2.05 bits per heavy atom. The van der Waals surface area contributed by atoms with Crippen molar-refractivity contribution in [3.8, 4) is 0 Å². The maximum atomic E-state index is 14.1. The van der Waals surface area contributed by atoms with Crippen LogP contribution in [0.2, 0.25) is 0 Å². The molecule has 2 aromatic rings. The number of sulfonamides is 1. The molecule has 0 heterocycles. The summed E-state index contributed by atoms with van der Waals surface area (Å²) in [5.74, 6) is -3.53. The Hall–Kier alpha value is -1.93. The van der Waals surface area contributed by atoms with E-state index in [1.807, 2.05) is 4.72 Å². The van der Waals surface area contributed by atoms with Crippen LogP contribution in [0.5, 0.6) is 0 Å². The third-order valence-electron chi connectivity index (χ3n) is 7.17. The molecule has 3 atom stereocenters. The number of fused-ring (bicyclic) bond motifs is 1. The molecule has 40 heavy (non-hydrogen) atoms. The van der Waals surface area contributed by atoms with Crippen molar-refractivity contribution in [3.63, 3.8) is 0 Å². The lowest BCUT2D eigenvalue weighted by molar-refractivity contribution is -0.259. The number of benzene rings is 2. The zero-order valence-corrected chi connectivity index (χ0v) is 24.9. The van der Waals surface area contributed by atoms with Gasteiger partial charge in [-0.05, 0) is 67.6 Å². The molecule has 2 aromatic carbocycles. The molecule has 0 aliphatic heterocycles. The molecule has 2 fully saturated rings. The number of hydrogen-bond donors (Lipinski definition) is 2. The Morgan fingerprint density at radius 1 is 1.02 bits per heavy atom. The van der Waals surface area contributed by atoms with Crippen molar-refractivity contribution in [2.45, 2.75) is 45.7 Å². The molecule has 0 radical (unpaired) electrons. The summed E-state index contributed by atoms with van der Waals surface area (Å²) in [5, 5.41) is 2.50. The van der Waals surface area contributed by atoms with Crippen molar-refractivity contribution in [1.29, 1.82) is 0 Å². The first kappa shape index (κ1) is 31.0. The van der Waals surface area contributed by atoms with Crippen LogP contribution in [0.3, 0.4) is 0 Å². The van der Waals surface area contributed by atoms with Crippen molar-refractivity contribution >= 4 is 62.3 Å². The van der Waals surface area contributed by atoms with Gasteiger partial charge in [-0.15, -0.1) is 15.5 Å². The molecule has 224 valence electrons. The Kier molecular flexibility index (Phi) is 6.82. The molecule has 2 saturated carbocycles. The number of nitrogens with one attached hydrogen (secondary N) is 2. The number of hydrogen-bond acceptors (Lipinski definition) is 5. The smallest absolute Gasteiger partial charge is 0.346 e. The average molecular weight is 751 g/mol. The van der Waals surface area contributed by atoms with E-state index in [0.29, 0.717) is 12.1 Å². The van der Waals surface area contributed by atoms with Gasteiger partial charge in [0.25, 0.3) is 15.9 Å². The third kappa shape index (κ3) is 5.59. The van der Waals surface area contributed by atoms with Gasteiger partial charge in [0.15, 0.2) is 9.84 Å². The fourth-order valence-corrected chi connectivity index (χ4v) is 9.35. The number of rotatable bonds is 8. The fraction of sp³-hybridized carbons (Fsp3) is 0.364. The molecule has 18 heteroatoms. The monoisotopic (exact) mass is 750 g/mol. The normalized spacial score (nSPS) is 24.9. The number of carbonyl (C=O) groups excluding carboxylic acids is 1. The van der Waals surface area contributed by atoms with Crippen LogP contribution in [0.4, 0.5) is 34.4 Å². The van der Waals surface area contributed by atoms with E-state index in [2.05, 4.69) is 9.83 Å². The largest absolute Gasteiger partial charge is 0.392 e. The fourth-order valence-electron chi connectivity index (χ4n) is 4.89. The number of anilines is 1. The van der Waals surface area contributed by atoms with Crippen LogP contribution in [-0.2, 0) is 19.9 Å². The summed E-state index contributed by atoms with van der Waals surface area (Å²) >= 11 is -3.13. The highest BCUT2D eigenvalue weighted by atomic mass is 127. The van der Waals surface area contributed by atoms with Gasteiger partial charge in [0, 0.05) is 31.1 Å². The molecule has 4 rings (SSSR count). The van der Waals surface area contributed by atoms with Crippen LogP contribution in [0.1, 0.15) is 29.6 Å². The van der Waals surface area contributed by atoms with Crippen LogP contribution >= 0.6 is 26.4 Å². The minimum Gasteiger partial charge on any atom is -0.346 e. The number of sulfone groups is 1. The van der Waals surface area contributed by atoms with E-state index in [-0.39, 0.29) is 31.4 Å². The van der Waals surface area contributed by atoms with Gasteiger partial charge in [0.05, 0.1) is 31.9 Å². The van der Waals surface area contributed by atoms with Gasteiger partial charge in [-0.2, -0.15) is 13.2 Å². The molecule has 2 aliphatic carbocycles. The van der Waals surface area contributed by atoms with Crippen molar-refractivity contribution in [1.82, 2.24) is 5.32 Å². The molecular formula is C22H22F7IN2O5S3. The van der Waals surface area contributed by atoms with Crippen molar-refractivity contribution in [2.24, 2.45) is 11.8 Å². The van der Waals surface area contributed by atoms with E-state index >= 15 is 0 Å². The van der Waals surface area contributed by atoms with Gasteiger partial charge in [-0.3, -0.25) is 9.52 Å². The van der Waals surface area contributed by atoms with Gasteiger partial charge < -0.3 is 5.32 Å². The molecule has 0 spiro atoms. The van der Waals surface area contributed by atoms with Crippen LogP contribution < -0.4 is 10.0 Å². The van der Waals surface area contributed by atoms with Crippen LogP contribution in [0.25, 0.3) is 0 Å². The minimum atomic E-state index is -8.62. The average Bonchev–Trinajstić information content (AvgIpc) is 2.81. The highest BCUT2D eigenvalue weighted by Gasteiger charge is 2.68. The van der Waals surface area contributed by atoms with E-state index in [1.165, 1.54) is 0 Å². The molecule has 2 N–H and O–H groups in total. The maximum absolute atomic E-state index is 14.1. The summed E-state index contributed by atoms with van der Waals surface area (Å²) in [7, 11) is -17.2. The molecule has 7 nitrogen and oxygen atoms in total. The maximum Gasteiger partial charge on any atom is 0.392 e. The first-order chi connectivity index (χ1) is 17.9. The Labute approximate surface area is 233 Å². The number of carbonyl (C=O) groups is 1. The van der Waals surface area contributed by atoms with E-state index in [4.69, 9.17) is 0 Å². The molecule has 0 saturated heterocycles. The van der Waals surface area contributed by atoms with E-state index in [9.17, 15) is 50.3 Å². The van der Waals surface area contributed by atoms with E-state index in [1.54, 1.807) is 0 Å². The van der Waals surface area contributed by atoms with Gasteiger partial charge in [0.1, 0.15) is 0 Å². The zero-order valence-electron chi connectivity index (χ0n) is 20.3. The first-order valence-electron chi connectivity index (χ1n) is 11.2. The summed E-state index contributed by atoms with van der Waals surface area (Å²) < 4.78 is 151. The topological polar surface area (TPSA) is 109 Å².